The molecule has 1 atom stereocenters. The maximum Gasteiger partial charge on any atom is 0.128 e. The van der Waals surface area contributed by atoms with Crippen molar-refractivity contribution in [3.8, 4) is 0 Å². The van der Waals surface area contributed by atoms with Gasteiger partial charge in [-0.15, -0.1) is 11.6 Å². The quantitative estimate of drug-likeness (QED) is 0.664. The Hall–Kier alpha value is -0.630. The lowest BCUT2D eigenvalue weighted by Crippen LogP contribution is -2.18. The van der Waals surface area contributed by atoms with Crippen LogP contribution in [0.4, 0.5) is 8.78 Å². The standard InChI is InChI=1S/C12H15ClF2/c1-4-12(2,3)11(13)9-7-8(14)5-6-10(9)15/h5-7,11H,4H2,1-3H3. The fourth-order valence-corrected chi connectivity index (χ4v) is 1.63. The molecule has 0 saturated carbocycles. The highest BCUT2D eigenvalue weighted by molar-refractivity contribution is 6.21. The molecule has 84 valence electrons. The van der Waals surface area contributed by atoms with Crippen LogP contribution in [0.2, 0.25) is 0 Å². The predicted octanol–water partition coefficient (Wildman–Crippen LogP) is 4.68. The molecule has 0 radical (unpaired) electrons. The molecule has 0 nitrogen and oxygen atoms in total. The summed E-state index contributed by atoms with van der Waals surface area (Å²) in [6, 6.07) is 3.39. The van der Waals surface area contributed by atoms with Crippen molar-refractivity contribution >= 4 is 11.6 Å². The van der Waals surface area contributed by atoms with Crippen molar-refractivity contribution in [2.24, 2.45) is 5.41 Å². The first-order valence-corrected chi connectivity index (χ1v) is 5.41. The summed E-state index contributed by atoms with van der Waals surface area (Å²) in [5, 5.41) is -0.516. The van der Waals surface area contributed by atoms with E-state index in [0.717, 1.165) is 18.6 Å². The highest BCUT2D eigenvalue weighted by atomic mass is 35.5. The molecule has 0 aliphatic heterocycles. The van der Waals surface area contributed by atoms with E-state index in [0.29, 0.717) is 0 Å². The summed E-state index contributed by atoms with van der Waals surface area (Å²) in [4.78, 5) is 0. The highest BCUT2D eigenvalue weighted by Gasteiger charge is 2.29. The molecule has 0 amide bonds. The third kappa shape index (κ3) is 2.69. The number of benzene rings is 1. The minimum absolute atomic E-state index is 0.239. The molecule has 0 N–H and O–H groups in total. The molecule has 3 heteroatoms. The average molecular weight is 233 g/mol. The molecular weight excluding hydrogens is 218 g/mol. The van der Waals surface area contributed by atoms with Gasteiger partial charge in [0.2, 0.25) is 0 Å². The van der Waals surface area contributed by atoms with Crippen LogP contribution in [0.3, 0.4) is 0 Å². The predicted molar refractivity (Wildman–Crippen MR) is 59.0 cm³/mol. The molecule has 0 aromatic heterocycles. The second-order valence-electron chi connectivity index (χ2n) is 4.37. The van der Waals surface area contributed by atoms with Crippen LogP contribution in [0, 0.1) is 17.0 Å². The van der Waals surface area contributed by atoms with Crippen molar-refractivity contribution in [1.29, 1.82) is 0 Å². The summed E-state index contributed by atoms with van der Waals surface area (Å²) in [5.41, 5.74) is -0.0144. The first kappa shape index (κ1) is 12.4. The number of halogens is 3. The summed E-state index contributed by atoms with van der Waals surface area (Å²) in [5.74, 6) is -0.901. The molecule has 15 heavy (non-hydrogen) atoms. The summed E-state index contributed by atoms with van der Waals surface area (Å²) in [7, 11) is 0. The lowest BCUT2D eigenvalue weighted by molar-refractivity contribution is 0.330. The smallest absolute Gasteiger partial charge is 0.128 e. The van der Waals surface area contributed by atoms with E-state index in [1.165, 1.54) is 6.07 Å². The van der Waals surface area contributed by atoms with Gasteiger partial charge in [-0.3, -0.25) is 0 Å². The number of hydrogen-bond donors (Lipinski definition) is 0. The topological polar surface area (TPSA) is 0 Å². The van der Waals surface area contributed by atoms with Gasteiger partial charge in [0, 0.05) is 5.56 Å². The van der Waals surface area contributed by atoms with Crippen LogP contribution >= 0.6 is 11.6 Å². The van der Waals surface area contributed by atoms with Crippen molar-refractivity contribution in [3.63, 3.8) is 0 Å². The minimum Gasteiger partial charge on any atom is -0.207 e. The Bertz CT molecular complexity index is 347. The summed E-state index contributed by atoms with van der Waals surface area (Å²) in [6.07, 6.45) is 0.803. The van der Waals surface area contributed by atoms with Gasteiger partial charge in [0.15, 0.2) is 0 Å². The van der Waals surface area contributed by atoms with E-state index >= 15 is 0 Å². The molecule has 0 heterocycles. The Morgan fingerprint density at radius 2 is 1.93 bits per heavy atom. The van der Waals surface area contributed by atoms with Gasteiger partial charge in [-0.1, -0.05) is 20.8 Å². The van der Waals surface area contributed by atoms with Crippen molar-refractivity contribution in [2.45, 2.75) is 32.6 Å². The minimum atomic E-state index is -0.516. The van der Waals surface area contributed by atoms with Gasteiger partial charge in [-0.25, -0.2) is 8.78 Å². The molecule has 0 aliphatic rings. The Morgan fingerprint density at radius 1 is 1.33 bits per heavy atom. The van der Waals surface area contributed by atoms with E-state index in [-0.39, 0.29) is 11.0 Å². The molecule has 1 aromatic rings. The Morgan fingerprint density at radius 3 is 2.47 bits per heavy atom. The van der Waals surface area contributed by atoms with E-state index < -0.39 is 17.0 Å². The fraction of sp³-hybridized carbons (Fsp3) is 0.500. The van der Waals surface area contributed by atoms with E-state index in [1.54, 1.807) is 0 Å². The van der Waals surface area contributed by atoms with Crippen LogP contribution in [0.5, 0.6) is 0 Å². The first-order valence-electron chi connectivity index (χ1n) is 4.97. The molecular formula is C12H15ClF2. The maximum atomic E-state index is 13.4. The molecule has 0 bridgehead atoms. The van der Waals surface area contributed by atoms with E-state index in [2.05, 4.69) is 0 Å². The third-order valence-electron chi connectivity index (χ3n) is 2.83. The number of hydrogen-bond acceptors (Lipinski definition) is 0. The molecule has 0 saturated heterocycles. The van der Waals surface area contributed by atoms with Crippen LogP contribution in [-0.4, -0.2) is 0 Å². The summed E-state index contributed by atoms with van der Waals surface area (Å²) in [6.45, 7) is 5.86. The van der Waals surface area contributed by atoms with Gasteiger partial charge in [0.1, 0.15) is 11.6 Å². The largest absolute Gasteiger partial charge is 0.207 e. The lowest BCUT2D eigenvalue weighted by atomic mass is 9.82. The Kier molecular flexibility index (Phi) is 3.72. The van der Waals surface area contributed by atoms with Crippen LogP contribution < -0.4 is 0 Å². The zero-order chi connectivity index (χ0) is 11.6. The van der Waals surface area contributed by atoms with Gasteiger partial charge in [-0.2, -0.15) is 0 Å². The van der Waals surface area contributed by atoms with Crippen molar-refractivity contribution < 1.29 is 8.78 Å². The normalized spacial score (nSPS) is 14.0. The summed E-state index contributed by atoms with van der Waals surface area (Å²) < 4.78 is 26.4. The van der Waals surface area contributed by atoms with Gasteiger partial charge < -0.3 is 0 Å². The molecule has 0 aliphatic carbocycles. The van der Waals surface area contributed by atoms with Gasteiger partial charge in [0.05, 0.1) is 5.38 Å². The van der Waals surface area contributed by atoms with Crippen molar-refractivity contribution in [3.05, 3.63) is 35.4 Å². The van der Waals surface area contributed by atoms with Crippen molar-refractivity contribution in [1.82, 2.24) is 0 Å². The molecule has 0 fully saturated rings. The lowest BCUT2D eigenvalue weighted by Gasteiger charge is -2.29. The van der Waals surface area contributed by atoms with Crippen LogP contribution in [0.25, 0.3) is 0 Å². The van der Waals surface area contributed by atoms with Crippen LogP contribution in [0.1, 0.15) is 38.1 Å². The number of alkyl halides is 1. The molecule has 1 unspecified atom stereocenters. The highest BCUT2D eigenvalue weighted by Crippen LogP contribution is 2.42. The Labute approximate surface area is 94.3 Å². The van der Waals surface area contributed by atoms with Gasteiger partial charge >= 0.3 is 0 Å². The average Bonchev–Trinajstić information content (AvgIpc) is 2.20. The summed E-state index contributed by atoms with van der Waals surface area (Å²) >= 11 is 6.17. The monoisotopic (exact) mass is 232 g/mol. The van der Waals surface area contributed by atoms with E-state index in [4.69, 9.17) is 11.6 Å². The van der Waals surface area contributed by atoms with Crippen molar-refractivity contribution in [2.75, 3.05) is 0 Å². The number of rotatable bonds is 3. The second kappa shape index (κ2) is 4.48. The zero-order valence-electron chi connectivity index (χ0n) is 9.15. The van der Waals surface area contributed by atoms with Gasteiger partial charge in [0.25, 0.3) is 0 Å². The fourth-order valence-electron chi connectivity index (χ4n) is 1.31. The third-order valence-corrected chi connectivity index (χ3v) is 3.65. The van der Waals surface area contributed by atoms with Gasteiger partial charge in [-0.05, 0) is 30.0 Å². The van der Waals surface area contributed by atoms with Crippen LogP contribution in [0.15, 0.2) is 18.2 Å². The molecule has 1 aromatic carbocycles. The molecule has 1 rings (SSSR count). The molecule has 0 spiro atoms. The first-order chi connectivity index (χ1) is 6.88. The maximum absolute atomic E-state index is 13.4. The zero-order valence-corrected chi connectivity index (χ0v) is 9.91. The van der Waals surface area contributed by atoms with E-state index in [1.807, 2.05) is 20.8 Å². The Balaban J connectivity index is 3.10. The second-order valence-corrected chi connectivity index (χ2v) is 4.81. The van der Waals surface area contributed by atoms with Crippen LogP contribution in [-0.2, 0) is 0 Å². The SMILES string of the molecule is CCC(C)(C)C(Cl)c1cc(F)ccc1F. The van der Waals surface area contributed by atoms with E-state index in [9.17, 15) is 8.78 Å².